The summed E-state index contributed by atoms with van der Waals surface area (Å²) in [6, 6.07) is 14.1. The summed E-state index contributed by atoms with van der Waals surface area (Å²) in [6.45, 7) is 0. The van der Waals surface area contributed by atoms with Gasteiger partial charge in [-0.25, -0.2) is 0 Å². The molecule has 0 N–H and O–H groups in total. The number of hydrogen-bond donors (Lipinski definition) is 0. The lowest BCUT2D eigenvalue weighted by atomic mass is 9.97. The minimum atomic E-state index is 0.355. The predicted octanol–water partition coefficient (Wildman–Crippen LogP) is 3.56. The van der Waals surface area contributed by atoms with E-state index in [-0.39, 0.29) is 0 Å². The van der Waals surface area contributed by atoms with E-state index in [1.807, 2.05) is 30.3 Å². The lowest BCUT2D eigenvalue weighted by molar-refractivity contribution is 0.354. The molecular formula is C19H21NO3. The minimum Gasteiger partial charge on any atom is -0.497 e. The summed E-state index contributed by atoms with van der Waals surface area (Å²) in [5.74, 6) is 2.20. The number of nitriles is 1. The van der Waals surface area contributed by atoms with E-state index in [4.69, 9.17) is 19.5 Å². The third kappa shape index (κ3) is 4.17. The molecule has 4 heteroatoms. The molecular weight excluding hydrogens is 290 g/mol. The molecule has 0 aliphatic rings. The lowest BCUT2D eigenvalue weighted by Crippen LogP contribution is -2.00. The van der Waals surface area contributed by atoms with Crippen LogP contribution in [0.15, 0.2) is 36.4 Å². The first-order valence-electron chi connectivity index (χ1n) is 7.45. The van der Waals surface area contributed by atoms with Crippen molar-refractivity contribution in [2.75, 3.05) is 21.3 Å². The Morgan fingerprint density at radius 2 is 1.57 bits per heavy atom. The van der Waals surface area contributed by atoms with Crippen LogP contribution in [0.3, 0.4) is 0 Å². The average Bonchev–Trinajstić information content (AvgIpc) is 2.60. The first kappa shape index (κ1) is 16.7. The van der Waals surface area contributed by atoms with Crippen LogP contribution in [-0.2, 0) is 19.3 Å². The highest BCUT2D eigenvalue weighted by Gasteiger charge is 2.11. The van der Waals surface area contributed by atoms with E-state index in [1.165, 1.54) is 5.56 Å². The summed E-state index contributed by atoms with van der Waals surface area (Å²) >= 11 is 0. The van der Waals surface area contributed by atoms with E-state index in [0.717, 1.165) is 29.7 Å². The molecule has 0 bridgehead atoms. The Bertz CT molecular complexity index is 704. The molecule has 0 spiro atoms. The van der Waals surface area contributed by atoms with Crippen LogP contribution in [0.25, 0.3) is 0 Å². The fraction of sp³-hybridized carbons (Fsp3) is 0.316. The normalized spacial score (nSPS) is 10.0. The Labute approximate surface area is 137 Å². The van der Waals surface area contributed by atoms with Gasteiger partial charge in [0, 0.05) is 0 Å². The van der Waals surface area contributed by atoms with Gasteiger partial charge in [-0.1, -0.05) is 12.1 Å². The summed E-state index contributed by atoms with van der Waals surface area (Å²) in [7, 11) is 4.88. The molecule has 2 aromatic carbocycles. The predicted molar refractivity (Wildman–Crippen MR) is 89.3 cm³/mol. The van der Waals surface area contributed by atoms with E-state index >= 15 is 0 Å². The number of ether oxygens (including phenoxy) is 3. The van der Waals surface area contributed by atoms with Crippen LogP contribution in [-0.4, -0.2) is 21.3 Å². The van der Waals surface area contributed by atoms with Gasteiger partial charge in [0.15, 0.2) is 11.5 Å². The van der Waals surface area contributed by atoms with E-state index in [1.54, 1.807) is 21.3 Å². The quantitative estimate of drug-likeness (QED) is 0.784. The first-order valence-corrected chi connectivity index (χ1v) is 7.45. The van der Waals surface area contributed by atoms with Gasteiger partial charge in [0.05, 0.1) is 33.8 Å². The Kier molecular flexibility index (Phi) is 5.87. The fourth-order valence-corrected chi connectivity index (χ4v) is 2.55. The van der Waals surface area contributed by atoms with E-state index in [2.05, 4.69) is 12.1 Å². The standard InChI is InChI=1S/C19H21NO3/c1-21-17-6-4-5-14(11-17)7-8-15-12-18(22-2)19(23-3)13-16(15)9-10-20/h4-6,11-13H,7-9H2,1-3H3. The maximum atomic E-state index is 9.05. The van der Waals surface area contributed by atoms with Crippen LogP contribution in [0, 0.1) is 11.3 Å². The molecule has 2 rings (SSSR count). The SMILES string of the molecule is COc1cccc(CCc2cc(OC)c(OC)cc2CC#N)c1. The molecule has 4 nitrogen and oxygen atoms in total. The van der Waals surface area contributed by atoms with Crippen molar-refractivity contribution in [3.63, 3.8) is 0 Å². The van der Waals surface area contributed by atoms with Gasteiger partial charge >= 0.3 is 0 Å². The summed E-state index contributed by atoms with van der Waals surface area (Å²) < 4.78 is 15.9. The second-order valence-electron chi connectivity index (χ2n) is 5.16. The van der Waals surface area contributed by atoms with Crippen molar-refractivity contribution in [2.45, 2.75) is 19.3 Å². The van der Waals surface area contributed by atoms with Gasteiger partial charge in [0.2, 0.25) is 0 Å². The Hall–Kier alpha value is -2.67. The fourth-order valence-electron chi connectivity index (χ4n) is 2.55. The average molecular weight is 311 g/mol. The van der Waals surface area contributed by atoms with E-state index in [0.29, 0.717) is 17.9 Å². The third-order valence-electron chi connectivity index (χ3n) is 3.79. The number of nitrogens with zero attached hydrogens (tertiary/aromatic N) is 1. The Morgan fingerprint density at radius 1 is 0.870 bits per heavy atom. The maximum absolute atomic E-state index is 9.05. The van der Waals surface area contributed by atoms with Crippen LogP contribution in [0.4, 0.5) is 0 Å². The molecule has 2 aromatic rings. The minimum absolute atomic E-state index is 0.355. The smallest absolute Gasteiger partial charge is 0.161 e. The van der Waals surface area contributed by atoms with E-state index in [9.17, 15) is 0 Å². The van der Waals surface area contributed by atoms with Crippen LogP contribution in [0.1, 0.15) is 16.7 Å². The van der Waals surface area contributed by atoms with Crippen molar-refractivity contribution in [1.29, 1.82) is 5.26 Å². The number of methoxy groups -OCH3 is 3. The number of benzene rings is 2. The van der Waals surface area contributed by atoms with Crippen molar-refractivity contribution in [1.82, 2.24) is 0 Å². The van der Waals surface area contributed by atoms with Crippen molar-refractivity contribution in [2.24, 2.45) is 0 Å². The zero-order chi connectivity index (χ0) is 16.7. The molecule has 0 unspecified atom stereocenters. The molecule has 0 radical (unpaired) electrons. The van der Waals surface area contributed by atoms with Gasteiger partial charge in [0.1, 0.15) is 5.75 Å². The number of rotatable bonds is 7. The molecule has 0 saturated carbocycles. The molecule has 0 amide bonds. The molecule has 0 saturated heterocycles. The second-order valence-corrected chi connectivity index (χ2v) is 5.16. The molecule has 0 heterocycles. The van der Waals surface area contributed by atoms with Gasteiger partial charge in [0.25, 0.3) is 0 Å². The number of aryl methyl sites for hydroxylation is 2. The van der Waals surface area contributed by atoms with Gasteiger partial charge < -0.3 is 14.2 Å². The summed E-state index contributed by atoms with van der Waals surface area (Å²) in [5, 5.41) is 9.05. The third-order valence-corrected chi connectivity index (χ3v) is 3.79. The van der Waals surface area contributed by atoms with Crippen molar-refractivity contribution in [3.8, 4) is 23.3 Å². The highest BCUT2D eigenvalue weighted by molar-refractivity contribution is 5.48. The topological polar surface area (TPSA) is 51.5 Å². The lowest BCUT2D eigenvalue weighted by Gasteiger charge is -2.14. The molecule has 0 fully saturated rings. The molecule has 0 aliphatic carbocycles. The van der Waals surface area contributed by atoms with Gasteiger partial charge in [-0.15, -0.1) is 0 Å². The largest absolute Gasteiger partial charge is 0.497 e. The Balaban J connectivity index is 2.25. The molecule has 0 aromatic heterocycles. The zero-order valence-electron chi connectivity index (χ0n) is 13.8. The second kappa shape index (κ2) is 8.09. The van der Waals surface area contributed by atoms with E-state index < -0.39 is 0 Å². The van der Waals surface area contributed by atoms with Crippen LogP contribution in [0.5, 0.6) is 17.2 Å². The summed E-state index contributed by atoms with van der Waals surface area (Å²) in [5.41, 5.74) is 3.28. The van der Waals surface area contributed by atoms with Crippen LogP contribution in [0.2, 0.25) is 0 Å². The zero-order valence-corrected chi connectivity index (χ0v) is 13.8. The summed E-state index contributed by atoms with van der Waals surface area (Å²) in [4.78, 5) is 0. The van der Waals surface area contributed by atoms with Crippen molar-refractivity contribution in [3.05, 3.63) is 53.1 Å². The molecule has 23 heavy (non-hydrogen) atoms. The van der Waals surface area contributed by atoms with Gasteiger partial charge in [-0.05, 0) is 53.8 Å². The number of hydrogen-bond acceptors (Lipinski definition) is 4. The monoisotopic (exact) mass is 311 g/mol. The Morgan fingerprint density at radius 3 is 2.17 bits per heavy atom. The molecule has 120 valence electrons. The van der Waals surface area contributed by atoms with Crippen LogP contribution < -0.4 is 14.2 Å². The van der Waals surface area contributed by atoms with Gasteiger partial charge in [-0.3, -0.25) is 0 Å². The van der Waals surface area contributed by atoms with Crippen molar-refractivity contribution >= 4 is 0 Å². The summed E-state index contributed by atoms with van der Waals surface area (Å²) in [6.07, 6.45) is 2.05. The molecule has 0 atom stereocenters. The highest BCUT2D eigenvalue weighted by Crippen LogP contribution is 2.31. The van der Waals surface area contributed by atoms with Crippen molar-refractivity contribution < 1.29 is 14.2 Å². The maximum Gasteiger partial charge on any atom is 0.161 e. The highest BCUT2D eigenvalue weighted by atomic mass is 16.5. The van der Waals surface area contributed by atoms with Gasteiger partial charge in [-0.2, -0.15) is 5.26 Å². The van der Waals surface area contributed by atoms with Crippen LogP contribution >= 0.6 is 0 Å². The molecule has 0 aliphatic heterocycles. The first-order chi connectivity index (χ1) is 11.2.